The van der Waals surface area contributed by atoms with Gasteiger partial charge in [0.25, 0.3) is 5.91 Å². The van der Waals surface area contributed by atoms with E-state index < -0.39 is 0 Å². The lowest BCUT2D eigenvalue weighted by atomic mass is 10.1. The molecule has 0 aromatic heterocycles. The Labute approximate surface area is 104 Å². The zero-order valence-electron chi connectivity index (χ0n) is 11.0. The number of carbonyl (C=O) groups excluding carboxylic acids is 1. The maximum atomic E-state index is 11.6. The van der Waals surface area contributed by atoms with Gasteiger partial charge in [0.15, 0.2) is 0 Å². The fourth-order valence-electron chi connectivity index (χ4n) is 1.81. The molecule has 0 saturated carbocycles. The predicted molar refractivity (Wildman–Crippen MR) is 72.6 cm³/mol. The molecule has 17 heavy (non-hydrogen) atoms. The minimum absolute atomic E-state index is 0.0280. The number of hydrogen-bond acceptors (Lipinski definition) is 2. The molecule has 0 unspecified atom stereocenters. The molecule has 0 aliphatic carbocycles. The monoisotopic (exact) mass is 234 g/mol. The highest BCUT2D eigenvalue weighted by Gasteiger charge is 2.09. The van der Waals surface area contributed by atoms with Gasteiger partial charge in [-0.2, -0.15) is 0 Å². The molecule has 0 heterocycles. The number of unbranched alkanes of at least 4 members (excludes halogenated alkanes) is 2. The standard InChI is InChI=1S/C14H22N2O/c1-4-5-6-10-16-13-9-7-8-12(11(13)2)14(17)15-3/h7-9,16H,4-6,10H2,1-3H3,(H,15,17). The van der Waals surface area contributed by atoms with Crippen LogP contribution in [0.4, 0.5) is 5.69 Å². The van der Waals surface area contributed by atoms with Crippen molar-refractivity contribution in [3.63, 3.8) is 0 Å². The van der Waals surface area contributed by atoms with Crippen molar-refractivity contribution < 1.29 is 4.79 Å². The molecule has 3 heteroatoms. The predicted octanol–water partition coefficient (Wildman–Crippen LogP) is 2.96. The van der Waals surface area contributed by atoms with Gasteiger partial charge in [0.1, 0.15) is 0 Å². The van der Waals surface area contributed by atoms with Crippen LogP contribution in [0.5, 0.6) is 0 Å². The summed E-state index contributed by atoms with van der Waals surface area (Å²) in [4.78, 5) is 11.6. The quantitative estimate of drug-likeness (QED) is 0.743. The van der Waals surface area contributed by atoms with Gasteiger partial charge in [-0.05, 0) is 31.0 Å². The number of nitrogens with one attached hydrogen (secondary N) is 2. The summed E-state index contributed by atoms with van der Waals surface area (Å²) in [6.07, 6.45) is 3.63. The Kier molecular flexibility index (Phi) is 5.53. The van der Waals surface area contributed by atoms with Crippen LogP contribution in [-0.2, 0) is 0 Å². The van der Waals surface area contributed by atoms with Crippen LogP contribution in [0.15, 0.2) is 18.2 Å². The summed E-state index contributed by atoms with van der Waals surface area (Å²) in [7, 11) is 1.66. The Morgan fingerprint density at radius 1 is 1.29 bits per heavy atom. The van der Waals surface area contributed by atoms with Crippen molar-refractivity contribution in [2.75, 3.05) is 18.9 Å². The molecule has 1 rings (SSSR count). The van der Waals surface area contributed by atoms with E-state index in [2.05, 4.69) is 17.6 Å². The normalized spacial score (nSPS) is 10.1. The zero-order valence-corrected chi connectivity index (χ0v) is 11.0. The van der Waals surface area contributed by atoms with E-state index in [-0.39, 0.29) is 5.91 Å². The molecule has 1 aromatic rings. The summed E-state index contributed by atoms with van der Waals surface area (Å²) in [5.41, 5.74) is 2.82. The number of anilines is 1. The van der Waals surface area contributed by atoms with E-state index in [9.17, 15) is 4.79 Å². The van der Waals surface area contributed by atoms with Gasteiger partial charge in [-0.15, -0.1) is 0 Å². The van der Waals surface area contributed by atoms with Gasteiger partial charge in [0, 0.05) is 24.8 Å². The van der Waals surface area contributed by atoms with Crippen LogP contribution in [0.3, 0.4) is 0 Å². The van der Waals surface area contributed by atoms with Gasteiger partial charge in [0.05, 0.1) is 0 Å². The van der Waals surface area contributed by atoms with Crippen molar-refractivity contribution >= 4 is 11.6 Å². The smallest absolute Gasteiger partial charge is 0.251 e. The highest BCUT2D eigenvalue weighted by atomic mass is 16.1. The molecule has 0 aliphatic rings. The summed E-state index contributed by atoms with van der Waals surface area (Å²) in [5, 5.41) is 6.05. The molecule has 0 spiro atoms. The molecule has 94 valence electrons. The van der Waals surface area contributed by atoms with Crippen molar-refractivity contribution in [1.29, 1.82) is 0 Å². The van der Waals surface area contributed by atoms with Gasteiger partial charge < -0.3 is 10.6 Å². The van der Waals surface area contributed by atoms with E-state index in [1.807, 2.05) is 25.1 Å². The Bertz CT molecular complexity index is 374. The first-order valence-corrected chi connectivity index (χ1v) is 6.26. The molecule has 2 N–H and O–H groups in total. The second-order valence-electron chi connectivity index (χ2n) is 4.19. The van der Waals surface area contributed by atoms with Crippen LogP contribution in [0.25, 0.3) is 0 Å². The SMILES string of the molecule is CCCCCNc1cccc(C(=O)NC)c1C. The van der Waals surface area contributed by atoms with Crippen LogP contribution in [0.2, 0.25) is 0 Å². The van der Waals surface area contributed by atoms with E-state index in [0.29, 0.717) is 0 Å². The Balaban J connectivity index is 2.70. The van der Waals surface area contributed by atoms with Gasteiger partial charge in [0.2, 0.25) is 0 Å². The van der Waals surface area contributed by atoms with E-state index in [4.69, 9.17) is 0 Å². The first-order chi connectivity index (χ1) is 8.20. The third-order valence-electron chi connectivity index (χ3n) is 2.90. The average molecular weight is 234 g/mol. The second kappa shape index (κ2) is 6.94. The lowest BCUT2D eigenvalue weighted by Gasteiger charge is -2.12. The third kappa shape index (κ3) is 3.77. The van der Waals surface area contributed by atoms with Crippen molar-refractivity contribution in [2.24, 2.45) is 0 Å². The Morgan fingerprint density at radius 3 is 2.71 bits per heavy atom. The number of rotatable bonds is 6. The van der Waals surface area contributed by atoms with Crippen molar-refractivity contribution in [2.45, 2.75) is 33.1 Å². The molecular formula is C14H22N2O. The lowest BCUT2D eigenvalue weighted by molar-refractivity contribution is 0.0962. The van der Waals surface area contributed by atoms with Crippen LogP contribution >= 0.6 is 0 Å². The van der Waals surface area contributed by atoms with E-state index in [1.54, 1.807) is 7.05 Å². The van der Waals surface area contributed by atoms with Crippen molar-refractivity contribution in [1.82, 2.24) is 5.32 Å². The van der Waals surface area contributed by atoms with E-state index in [1.165, 1.54) is 19.3 Å². The zero-order chi connectivity index (χ0) is 12.7. The summed E-state index contributed by atoms with van der Waals surface area (Å²) in [6, 6.07) is 5.79. The summed E-state index contributed by atoms with van der Waals surface area (Å²) in [6.45, 7) is 5.13. The number of amides is 1. The number of benzene rings is 1. The van der Waals surface area contributed by atoms with Gasteiger partial charge >= 0.3 is 0 Å². The molecule has 3 nitrogen and oxygen atoms in total. The Morgan fingerprint density at radius 2 is 2.06 bits per heavy atom. The fourth-order valence-corrected chi connectivity index (χ4v) is 1.81. The first-order valence-electron chi connectivity index (χ1n) is 6.26. The minimum atomic E-state index is -0.0280. The highest BCUT2D eigenvalue weighted by Crippen LogP contribution is 2.18. The lowest BCUT2D eigenvalue weighted by Crippen LogP contribution is -2.19. The largest absolute Gasteiger partial charge is 0.385 e. The number of hydrogen-bond donors (Lipinski definition) is 2. The van der Waals surface area contributed by atoms with Crippen LogP contribution < -0.4 is 10.6 Å². The molecular weight excluding hydrogens is 212 g/mol. The molecule has 1 amide bonds. The molecule has 1 aromatic carbocycles. The molecule has 0 radical (unpaired) electrons. The third-order valence-corrected chi connectivity index (χ3v) is 2.90. The van der Waals surface area contributed by atoms with Crippen LogP contribution in [0, 0.1) is 6.92 Å². The summed E-state index contributed by atoms with van der Waals surface area (Å²) >= 11 is 0. The van der Waals surface area contributed by atoms with Crippen molar-refractivity contribution in [3.05, 3.63) is 29.3 Å². The first kappa shape index (κ1) is 13.6. The topological polar surface area (TPSA) is 41.1 Å². The molecule has 0 saturated heterocycles. The summed E-state index contributed by atoms with van der Waals surface area (Å²) < 4.78 is 0. The highest BCUT2D eigenvalue weighted by molar-refractivity contribution is 5.96. The summed E-state index contributed by atoms with van der Waals surface area (Å²) in [5.74, 6) is -0.0280. The van der Waals surface area contributed by atoms with Crippen molar-refractivity contribution in [3.8, 4) is 0 Å². The maximum Gasteiger partial charge on any atom is 0.251 e. The van der Waals surface area contributed by atoms with Crippen LogP contribution in [0.1, 0.15) is 42.1 Å². The van der Waals surface area contributed by atoms with E-state index in [0.717, 1.165) is 23.4 Å². The second-order valence-corrected chi connectivity index (χ2v) is 4.19. The van der Waals surface area contributed by atoms with E-state index >= 15 is 0 Å². The minimum Gasteiger partial charge on any atom is -0.385 e. The molecule has 0 atom stereocenters. The fraction of sp³-hybridized carbons (Fsp3) is 0.500. The molecule has 0 bridgehead atoms. The number of carbonyl (C=O) groups is 1. The van der Waals surface area contributed by atoms with Gasteiger partial charge in [-0.1, -0.05) is 25.8 Å². The Hall–Kier alpha value is -1.51. The van der Waals surface area contributed by atoms with Crippen LogP contribution in [-0.4, -0.2) is 19.5 Å². The molecule has 0 aliphatic heterocycles. The van der Waals surface area contributed by atoms with Gasteiger partial charge in [-0.25, -0.2) is 0 Å². The molecule has 0 fully saturated rings. The van der Waals surface area contributed by atoms with Gasteiger partial charge in [-0.3, -0.25) is 4.79 Å². The average Bonchev–Trinajstić information content (AvgIpc) is 2.35. The maximum absolute atomic E-state index is 11.6.